The van der Waals surface area contributed by atoms with Crippen molar-refractivity contribution in [3.63, 3.8) is 0 Å². The predicted octanol–water partition coefficient (Wildman–Crippen LogP) is 3.18. The number of benzene rings is 1. The van der Waals surface area contributed by atoms with Gasteiger partial charge in [-0.15, -0.1) is 0 Å². The van der Waals surface area contributed by atoms with Crippen LogP contribution in [0.5, 0.6) is 0 Å². The van der Waals surface area contributed by atoms with E-state index in [-0.39, 0.29) is 11.6 Å². The van der Waals surface area contributed by atoms with Crippen molar-refractivity contribution in [1.82, 2.24) is 25.0 Å². The number of amides is 2. The van der Waals surface area contributed by atoms with Crippen LogP contribution in [0.3, 0.4) is 0 Å². The highest BCUT2D eigenvalue weighted by Gasteiger charge is 2.36. The maximum absolute atomic E-state index is 12.6. The summed E-state index contributed by atoms with van der Waals surface area (Å²) < 4.78 is 42.9. The quantitative estimate of drug-likeness (QED) is 0.738. The highest BCUT2D eigenvalue weighted by Crippen LogP contribution is 2.30. The third-order valence-electron chi connectivity index (χ3n) is 4.22. The number of hydrogen-bond donors (Lipinski definition) is 1. The molecule has 0 unspecified atom stereocenters. The third kappa shape index (κ3) is 3.63. The van der Waals surface area contributed by atoms with Gasteiger partial charge in [-0.05, 0) is 24.3 Å². The number of likely N-dealkylation sites (tertiary alicyclic amines) is 1. The molecule has 0 spiro atoms. The number of hydrogen-bond acceptors (Lipinski definition) is 6. The van der Waals surface area contributed by atoms with E-state index in [0.29, 0.717) is 30.5 Å². The van der Waals surface area contributed by atoms with Gasteiger partial charge < -0.3 is 14.7 Å². The summed E-state index contributed by atoms with van der Waals surface area (Å²) in [6.45, 7) is 0.711. The fourth-order valence-corrected chi connectivity index (χ4v) is 2.67. The Morgan fingerprint density at radius 3 is 2.57 bits per heavy atom. The summed E-state index contributed by atoms with van der Waals surface area (Å²) >= 11 is 0. The van der Waals surface area contributed by atoms with Crippen LogP contribution in [-0.4, -0.2) is 44.1 Å². The van der Waals surface area contributed by atoms with Gasteiger partial charge in [-0.2, -0.15) is 18.2 Å². The Kier molecular flexibility index (Phi) is 4.41. The van der Waals surface area contributed by atoms with Crippen LogP contribution >= 0.6 is 0 Å². The molecule has 0 atom stereocenters. The second-order valence-electron chi connectivity index (χ2n) is 6.15. The molecule has 4 rings (SSSR count). The molecule has 1 N–H and O–H groups in total. The Morgan fingerprint density at radius 1 is 1.18 bits per heavy atom. The number of urea groups is 1. The number of anilines is 1. The van der Waals surface area contributed by atoms with Crippen LogP contribution < -0.4 is 5.32 Å². The van der Waals surface area contributed by atoms with Gasteiger partial charge in [-0.3, -0.25) is 4.98 Å². The molecule has 3 aromatic rings. The molecule has 8 nitrogen and oxygen atoms in total. The highest BCUT2D eigenvalue weighted by atomic mass is 19.4. The van der Waals surface area contributed by atoms with E-state index in [4.69, 9.17) is 4.52 Å². The summed E-state index contributed by atoms with van der Waals surface area (Å²) in [5.74, 6) is 0.589. The van der Waals surface area contributed by atoms with E-state index in [1.165, 1.54) is 35.6 Å². The summed E-state index contributed by atoms with van der Waals surface area (Å²) in [6.07, 6.45) is 0.145. The first kappa shape index (κ1) is 17.9. The zero-order chi connectivity index (χ0) is 19.7. The van der Waals surface area contributed by atoms with Crippen LogP contribution in [0.1, 0.15) is 17.4 Å². The average Bonchev–Trinajstić information content (AvgIpc) is 3.10. The molecule has 1 fully saturated rings. The van der Waals surface area contributed by atoms with Crippen molar-refractivity contribution in [2.24, 2.45) is 0 Å². The molecule has 0 bridgehead atoms. The Balaban J connectivity index is 1.33. The molecule has 2 amide bonds. The number of rotatable bonds is 3. The molecule has 0 radical (unpaired) electrons. The molecule has 3 heterocycles. The van der Waals surface area contributed by atoms with Crippen LogP contribution in [0, 0.1) is 0 Å². The maximum atomic E-state index is 12.6. The highest BCUT2D eigenvalue weighted by molar-refractivity contribution is 5.90. The van der Waals surface area contributed by atoms with E-state index in [1.54, 1.807) is 0 Å². The Labute approximate surface area is 156 Å². The topological polar surface area (TPSA) is 97.0 Å². The predicted molar refractivity (Wildman–Crippen MR) is 90.1 cm³/mol. The Hall–Kier alpha value is -3.50. The molecule has 1 aromatic carbocycles. The first-order chi connectivity index (χ1) is 13.4. The number of halogens is 3. The number of aromatic nitrogens is 4. The summed E-state index contributed by atoms with van der Waals surface area (Å²) in [5.41, 5.74) is -0.0114. The van der Waals surface area contributed by atoms with Crippen molar-refractivity contribution < 1.29 is 22.5 Å². The van der Waals surface area contributed by atoms with Crippen LogP contribution in [-0.2, 0) is 6.18 Å². The molecule has 1 saturated heterocycles. The molecule has 0 aliphatic carbocycles. The van der Waals surface area contributed by atoms with Crippen molar-refractivity contribution in [2.45, 2.75) is 12.1 Å². The lowest BCUT2D eigenvalue weighted by molar-refractivity contribution is -0.137. The Bertz CT molecular complexity index is 969. The van der Waals surface area contributed by atoms with Crippen molar-refractivity contribution in [3.05, 3.63) is 54.3 Å². The van der Waals surface area contributed by atoms with E-state index in [1.807, 2.05) is 0 Å². The molecule has 1 aliphatic rings. The largest absolute Gasteiger partial charge is 0.416 e. The van der Waals surface area contributed by atoms with E-state index in [0.717, 1.165) is 12.1 Å². The monoisotopic (exact) mass is 390 g/mol. The molecule has 144 valence electrons. The second-order valence-corrected chi connectivity index (χ2v) is 6.15. The van der Waals surface area contributed by atoms with Crippen LogP contribution in [0.2, 0.25) is 0 Å². The lowest BCUT2D eigenvalue weighted by Gasteiger charge is -2.36. The van der Waals surface area contributed by atoms with Gasteiger partial charge in [0.25, 0.3) is 0 Å². The van der Waals surface area contributed by atoms with Crippen molar-refractivity contribution in [1.29, 1.82) is 0 Å². The molecule has 11 heteroatoms. The molecular weight excluding hydrogens is 377 g/mol. The van der Waals surface area contributed by atoms with Gasteiger partial charge in [0.15, 0.2) is 0 Å². The normalized spacial score (nSPS) is 14.6. The van der Waals surface area contributed by atoms with Crippen LogP contribution in [0.4, 0.5) is 23.7 Å². The first-order valence-corrected chi connectivity index (χ1v) is 8.23. The minimum Gasteiger partial charge on any atom is -0.338 e. The number of nitrogens with one attached hydrogen (secondary N) is 1. The van der Waals surface area contributed by atoms with E-state index < -0.39 is 17.8 Å². The summed E-state index contributed by atoms with van der Waals surface area (Å²) in [7, 11) is 0. The van der Waals surface area contributed by atoms with Gasteiger partial charge in [0.1, 0.15) is 5.69 Å². The van der Waals surface area contributed by atoms with Crippen molar-refractivity contribution >= 4 is 11.7 Å². The SMILES string of the molecule is O=C(Nc1ccc(C(F)(F)F)cc1)N1CC(c2nc(-c3cnccn3)no2)C1. The molecule has 28 heavy (non-hydrogen) atoms. The molecular formula is C17H13F3N6O2. The fraction of sp³-hybridized carbons (Fsp3) is 0.235. The molecule has 0 saturated carbocycles. The summed E-state index contributed by atoms with van der Waals surface area (Å²) in [5, 5.41) is 6.42. The Morgan fingerprint density at radius 2 is 1.93 bits per heavy atom. The van der Waals surface area contributed by atoms with Crippen LogP contribution in [0.15, 0.2) is 47.4 Å². The first-order valence-electron chi connectivity index (χ1n) is 8.23. The van der Waals surface area contributed by atoms with Gasteiger partial charge >= 0.3 is 12.2 Å². The number of carbonyl (C=O) groups is 1. The van der Waals surface area contributed by atoms with Gasteiger partial charge in [0, 0.05) is 31.2 Å². The number of carbonyl (C=O) groups excluding carboxylic acids is 1. The summed E-state index contributed by atoms with van der Waals surface area (Å²) in [4.78, 5) is 26.0. The third-order valence-corrected chi connectivity index (χ3v) is 4.22. The standard InChI is InChI=1S/C17H13F3N6O2/c18-17(19,20)11-1-3-12(4-2-11)23-16(27)26-8-10(9-26)15-24-14(25-28-15)13-7-21-5-6-22-13/h1-7,10H,8-9H2,(H,23,27). The minimum absolute atomic E-state index is 0.115. The minimum atomic E-state index is -4.42. The van der Waals surface area contributed by atoms with E-state index in [2.05, 4.69) is 25.4 Å². The summed E-state index contributed by atoms with van der Waals surface area (Å²) in [6, 6.07) is 3.85. The lowest BCUT2D eigenvalue weighted by Crippen LogP contribution is -2.50. The number of nitrogens with zero attached hydrogens (tertiary/aromatic N) is 5. The molecule has 2 aromatic heterocycles. The lowest BCUT2D eigenvalue weighted by atomic mass is 10.0. The van der Waals surface area contributed by atoms with Crippen molar-refractivity contribution in [2.75, 3.05) is 18.4 Å². The second kappa shape index (κ2) is 6.91. The number of alkyl halides is 3. The zero-order valence-corrected chi connectivity index (χ0v) is 14.2. The zero-order valence-electron chi connectivity index (χ0n) is 14.2. The van der Waals surface area contributed by atoms with E-state index in [9.17, 15) is 18.0 Å². The smallest absolute Gasteiger partial charge is 0.338 e. The van der Waals surface area contributed by atoms with E-state index >= 15 is 0 Å². The van der Waals surface area contributed by atoms with Gasteiger partial charge in [0.05, 0.1) is 17.7 Å². The average molecular weight is 390 g/mol. The van der Waals surface area contributed by atoms with Gasteiger partial charge in [-0.25, -0.2) is 9.78 Å². The fourth-order valence-electron chi connectivity index (χ4n) is 2.67. The maximum Gasteiger partial charge on any atom is 0.416 e. The van der Waals surface area contributed by atoms with Crippen molar-refractivity contribution in [3.8, 4) is 11.5 Å². The van der Waals surface area contributed by atoms with Crippen LogP contribution in [0.25, 0.3) is 11.5 Å². The van der Waals surface area contributed by atoms with Gasteiger partial charge in [-0.1, -0.05) is 5.16 Å². The van der Waals surface area contributed by atoms with Gasteiger partial charge in [0.2, 0.25) is 11.7 Å². The molecule has 1 aliphatic heterocycles.